The van der Waals surface area contributed by atoms with E-state index in [2.05, 4.69) is 47.2 Å². The van der Waals surface area contributed by atoms with Crippen molar-refractivity contribution in [2.75, 3.05) is 33.5 Å². The number of methoxy groups -OCH3 is 1. The van der Waals surface area contributed by atoms with Crippen molar-refractivity contribution in [2.24, 2.45) is 4.99 Å². The highest BCUT2D eigenvalue weighted by Crippen LogP contribution is 2.19. The van der Waals surface area contributed by atoms with E-state index in [-0.39, 0.29) is 4.90 Å². The molecule has 0 spiro atoms. The van der Waals surface area contributed by atoms with Crippen molar-refractivity contribution in [1.82, 2.24) is 9.03 Å². The number of aliphatic imine (C=N–C) groups is 1. The van der Waals surface area contributed by atoms with Gasteiger partial charge >= 0.3 is 0 Å². The van der Waals surface area contributed by atoms with Gasteiger partial charge in [0, 0.05) is 38.9 Å². The third-order valence-corrected chi connectivity index (χ3v) is 6.44. The molecular formula is C22H35N3O3S2. The van der Waals surface area contributed by atoms with Gasteiger partial charge in [0.05, 0.1) is 12.0 Å². The van der Waals surface area contributed by atoms with Crippen molar-refractivity contribution in [3.8, 4) is 5.75 Å². The first-order valence-electron chi connectivity index (χ1n) is 9.69. The third kappa shape index (κ3) is 10.7. The van der Waals surface area contributed by atoms with Crippen LogP contribution in [-0.2, 0) is 10.0 Å². The zero-order valence-corrected chi connectivity index (χ0v) is 20.1. The van der Waals surface area contributed by atoms with E-state index in [9.17, 15) is 8.42 Å². The van der Waals surface area contributed by atoms with Crippen LogP contribution in [0.1, 0.15) is 26.2 Å². The van der Waals surface area contributed by atoms with E-state index < -0.39 is 10.0 Å². The fourth-order valence-corrected chi connectivity index (χ4v) is 4.22. The van der Waals surface area contributed by atoms with Crippen LogP contribution in [-0.4, -0.2) is 52.1 Å². The lowest BCUT2D eigenvalue weighted by atomic mass is 10.3. The molecule has 1 aromatic carbocycles. The molecule has 168 valence electrons. The molecule has 0 aliphatic carbocycles. The van der Waals surface area contributed by atoms with Crippen molar-refractivity contribution in [1.29, 1.82) is 0 Å². The molecule has 0 saturated heterocycles. The maximum absolute atomic E-state index is 12.1. The lowest BCUT2D eigenvalue weighted by molar-refractivity contribution is 0.412. The standard InChI is InChI=1S/C11H17NO3S.C9H14N2S.C2H4/c1-4-8-12(2)16(13,14)11-7-5-6-10(9-11)15-3;1-10-9-7-5-3-2-4-6-8-12-11-9;1-2/h5-7,9H,4,8H2,1-3H3;3-6H,2,7-8H2,1H3,(H,10,11);1-2H2/b;5-3-,6-4-;. The molecule has 8 heteroatoms. The SMILES string of the molecule is C=C.CCCN(C)S(=O)(=O)c1cccc(OC)c1.CN=C1C/C=C\C/C=C\CSN1. The number of allylic oxidation sites excluding steroid dienone is 2. The second kappa shape index (κ2) is 16.7. The smallest absolute Gasteiger partial charge is 0.242 e. The van der Waals surface area contributed by atoms with Gasteiger partial charge in [-0.2, -0.15) is 0 Å². The minimum absolute atomic E-state index is 0.266. The molecule has 1 aromatic rings. The van der Waals surface area contributed by atoms with Gasteiger partial charge in [-0.05, 0) is 36.9 Å². The van der Waals surface area contributed by atoms with E-state index in [1.54, 1.807) is 37.2 Å². The highest BCUT2D eigenvalue weighted by Gasteiger charge is 2.20. The molecule has 0 amide bonds. The molecule has 1 aliphatic rings. The second-order valence-corrected chi connectivity index (χ2v) is 8.84. The first-order valence-corrected chi connectivity index (χ1v) is 12.1. The van der Waals surface area contributed by atoms with Crippen LogP contribution in [0, 0.1) is 0 Å². The summed E-state index contributed by atoms with van der Waals surface area (Å²) in [6.07, 6.45) is 11.4. The van der Waals surface area contributed by atoms with E-state index in [1.807, 2.05) is 14.0 Å². The van der Waals surface area contributed by atoms with E-state index in [1.165, 1.54) is 17.5 Å². The summed E-state index contributed by atoms with van der Waals surface area (Å²) in [5.41, 5.74) is 0. The van der Waals surface area contributed by atoms with Gasteiger partial charge in [0.15, 0.2) is 0 Å². The molecule has 0 bridgehead atoms. The van der Waals surface area contributed by atoms with Gasteiger partial charge in [-0.25, -0.2) is 12.7 Å². The maximum Gasteiger partial charge on any atom is 0.242 e. The zero-order chi connectivity index (χ0) is 22.8. The average molecular weight is 454 g/mol. The molecule has 0 aromatic heterocycles. The fraction of sp³-hybridized carbons (Fsp3) is 0.409. The van der Waals surface area contributed by atoms with Gasteiger partial charge in [-0.1, -0.05) is 37.3 Å². The van der Waals surface area contributed by atoms with Gasteiger partial charge in [0.1, 0.15) is 11.6 Å². The molecule has 0 saturated carbocycles. The quantitative estimate of drug-likeness (QED) is 0.517. The predicted molar refractivity (Wildman–Crippen MR) is 131 cm³/mol. The number of rotatable bonds is 5. The van der Waals surface area contributed by atoms with E-state index >= 15 is 0 Å². The molecule has 1 heterocycles. The predicted octanol–water partition coefficient (Wildman–Crippen LogP) is 4.69. The number of hydrogen-bond acceptors (Lipinski definition) is 5. The molecule has 30 heavy (non-hydrogen) atoms. The van der Waals surface area contributed by atoms with Crippen LogP contribution in [0.5, 0.6) is 5.75 Å². The van der Waals surface area contributed by atoms with Gasteiger partial charge in [0.2, 0.25) is 10.0 Å². The number of sulfonamides is 1. The second-order valence-electron chi connectivity index (χ2n) is 5.97. The zero-order valence-electron chi connectivity index (χ0n) is 18.5. The molecule has 1 N–H and O–H groups in total. The Morgan fingerprint density at radius 1 is 1.23 bits per heavy atom. The summed E-state index contributed by atoms with van der Waals surface area (Å²) in [5, 5.41) is 0. The average Bonchev–Trinajstić information content (AvgIpc) is 2.79. The Balaban J connectivity index is 0.000000535. The first-order chi connectivity index (χ1) is 14.5. The Morgan fingerprint density at radius 2 is 1.93 bits per heavy atom. The molecule has 0 atom stereocenters. The first kappa shape index (κ1) is 28.0. The number of amidine groups is 1. The summed E-state index contributed by atoms with van der Waals surface area (Å²) in [6.45, 7) is 8.46. The van der Waals surface area contributed by atoms with Crippen LogP contribution in [0.4, 0.5) is 0 Å². The Labute approximate surface area is 187 Å². The Hall–Kier alpha value is -2.03. The normalized spacial score (nSPS) is 17.4. The summed E-state index contributed by atoms with van der Waals surface area (Å²) >= 11 is 1.68. The van der Waals surface area contributed by atoms with E-state index in [0.29, 0.717) is 12.3 Å². The summed E-state index contributed by atoms with van der Waals surface area (Å²) in [7, 11) is 1.53. The minimum atomic E-state index is -3.38. The summed E-state index contributed by atoms with van der Waals surface area (Å²) < 4.78 is 33.7. The van der Waals surface area contributed by atoms with E-state index in [0.717, 1.165) is 30.9 Å². The number of nitrogens with zero attached hydrogens (tertiary/aromatic N) is 2. The number of hydrogen-bond donors (Lipinski definition) is 1. The van der Waals surface area contributed by atoms with Gasteiger partial charge in [-0.3, -0.25) is 4.99 Å². The van der Waals surface area contributed by atoms with Crippen LogP contribution in [0.15, 0.2) is 71.6 Å². The Kier molecular flexibility index (Phi) is 15.6. The van der Waals surface area contributed by atoms with Crippen molar-refractivity contribution in [3.05, 3.63) is 61.7 Å². The van der Waals surface area contributed by atoms with E-state index in [4.69, 9.17) is 4.74 Å². The van der Waals surface area contributed by atoms with Crippen LogP contribution in [0.3, 0.4) is 0 Å². The van der Waals surface area contributed by atoms with Crippen LogP contribution >= 0.6 is 11.9 Å². The lowest BCUT2D eigenvalue weighted by Gasteiger charge is -2.16. The molecule has 0 fully saturated rings. The Bertz CT molecular complexity index is 791. The van der Waals surface area contributed by atoms with Crippen molar-refractivity contribution < 1.29 is 13.2 Å². The van der Waals surface area contributed by atoms with Gasteiger partial charge < -0.3 is 9.46 Å². The maximum atomic E-state index is 12.1. The Morgan fingerprint density at radius 3 is 2.57 bits per heavy atom. The lowest BCUT2D eigenvalue weighted by Crippen LogP contribution is -2.27. The summed E-state index contributed by atoms with van der Waals surface area (Å²) in [5.74, 6) is 2.60. The molecule has 0 radical (unpaired) electrons. The summed E-state index contributed by atoms with van der Waals surface area (Å²) in [6, 6.07) is 6.50. The van der Waals surface area contributed by atoms with Crippen molar-refractivity contribution >= 4 is 27.8 Å². The number of nitrogens with one attached hydrogen (secondary N) is 1. The molecule has 1 aliphatic heterocycles. The topological polar surface area (TPSA) is 71.0 Å². The molecule has 6 nitrogen and oxygen atoms in total. The minimum Gasteiger partial charge on any atom is -0.497 e. The third-order valence-electron chi connectivity index (χ3n) is 3.84. The van der Waals surface area contributed by atoms with Crippen LogP contribution < -0.4 is 9.46 Å². The van der Waals surface area contributed by atoms with Crippen molar-refractivity contribution in [3.63, 3.8) is 0 Å². The monoisotopic (exact) mass is 453 g/mol. The number of benzene rings is 1. The highest BCUT2D eigenvalue weighted by atomic mass is 32.2. The summed E-state index contributed by atoms with van der Waals surface area (Å²) in [4.78, 5) is 4.40. The molecule has 0 unspecified atom stereocenters. The van der Waals surface area contributed by atoms with Gasteiger partial charge in [0.25, 0.3) is 0 Å². The van der Waals surface area contributed by atoms with Crippen molar-refractivity contribution in [2.45, 2.75) is 31.1 Å². The van der Waals surface area contributed by atoms with Crippen LogP contribution in [0.2, 0.25) is 0 Å². The fourth-order valence-electron chi connectivity index (χ4n) is 2.26. The highest BCUT2D eigenvalue weighted by molar-refractivity contribution is 7.98. The number of ether oxygens (including phenoxy) is 1. The van der Waals surface area contributed by atoms with Crippen LogP contribution in [0.25, 0.3) is 0 Å². The van der Waals surface area contributed by atoms with Gasteiger partial charge in [-0.15, -0.1) is 13.2 Å². The largest absolute Gasteiger partial charge is 0.497 e. The molecule has 2 rings (SSSR count). The molecular weight excluding hydrogens is 418 g/mol.